The molecule has 3 heteroatoms. The quantitative estimate of drug-likeness (QED) is 0.663. The summed E-state index contributed by atoms with van der Waals surface area (Å²) >= 11 is 0. The van der Waals surface area contributed by atoms with Crippen molar-refractivity contribution in [1.82, 2.24) is 14.8 Å². The van der Waals surface area contributed by atoms with E-state index in [-0.39, 0.29) is 0 Å². The summed E-state index contributed by atoms with van der Waals surface area (Å²) < 4.78 is 2.04. The Morgan fingerprint density at radius 2 is 2.23 bits per heavy atom. The number of aryl methyl sites for hydroxylation is 2. The largest absolute Gasteiger partial charge is 0.287 e. The fraction of sp³-hybridized carbons (Fsp3) is 0.400. The molecule has 1 aromatic heterocycles. The second kappa shape index (κ2) is 4.03. The van der Waals surface area contributed by atoms with Gasteiger partial charge in [0.2, 0.25) is 0 Å². The van der Waals surface area contributed by atoms with Gasteiger partial charge in [-0.3, -0.25) is 4.57 Å². The van der Waals surface area contributed by atoms with Crippen molar-refractivity contribution in [3.63, 3.8) is 0 Å². The van der Waals surface area contributed by atoms with Crippen molar-refractivity contribution >= 4 is 5.70 Å². The summed E-state index contributed by atoms with van der Waals surface area (Å²) in [6.07, 6.45) is 4.62. The van der Waals surface area contributed by atoms with Gasteiger partial charge in [0, 0.05) is 12.1 Å². The Morgan fingerprint density at radius 1 is 1.54 bits per heavy atom. The monoisotopic (exact) mass is 177 g/mol. The van der Waals surface area contributed by atoms with Crippen LogP contribution in [0.25, 0.3) is 5.70 Å². The van der Waals surface area contributed by atoms with E-state index in [1.54, 1.807) is 6.08 Å². The molecule has 0 bridgehead atoms. The molecule has 13 heavy (non-hydrogen) atoms. The van der Waals surface area contributed by atoms with E-state index in [9.17, 15) is 0 Å². The summed E-state index contributed by atoms with van der Waals surface area (Å²) in [7, 11) is 0. The number of nitrogens with zero attached hydrogens (tertiary/aromatic N) is 3. The van der Waals surface area contributed by atoms with E-state index in [1.165, 1.54) is 0 Å². The van der Waals surface area contributed by atoms with Crippen molar-refractivity contribution in [2.45, 2.75) is 27.2 Å². The van der Waals surface area contributed by atoms with Gasteiger partial charge in [0.25, 0.3) is 0 Å². The summed E-state index contributed by atoms with van der Waals surface area (Å²) in [4.78, 5) is 0. The predicted molar refractivity (Wildman–Crippen MR) is 54.3 cm³/mol. The van der Waals surface area contributed by atoms with Gasteiger partial charge in [-0.05, 0) is 19.9 Å². The van der Waals surface area contributed by atoms with Crippen LogP contribution in [-0.4, -0.2) is 14.8 Å². The van der Waals surface area contributed by atoms with Gasteiger partial charge in [0.05, 0.1) is 0 Å². The maximum absolute atomic E-state index is 4.08. The van der Waals surface area contributed by atoms with Gasteiger partial charge >= 0.3 is 0 Å². The number of aromatic nitrogens is 3. The first-order valence-corrected chi connectivity index (χ1v) is 4.41. The third-order valence-electron chi connectivity index (χ3n) is 1.92. The van der Waals surface area contributed by atoms with Crippen LogP contribution in [0.2, 0.25) is 0 Å². The van der Waals surface area contributed by atoms with Crippen LogP contribution >= 0.6 is 0 Å². The van der Waals surface area contributed by atoms with Gasteiger partial charge in [-0.15, -0.1) is 10.2 Å². The van der Waals surface area contributed by atoms with Gasteiger partial charge < -0.3 is 0 Å². The lowest BCUT2D eigenvalue weighted by Gasteiger charge is -2.06. The normalized spacial score (nSPS) is 11.8. The van der Waals surface area contributed by atoms with Crippen LogP contribution in [0.4, 0.5) is 0 Å². The highest BCUT2D eigenvalue weighted by Crippen LogP contribution is 2.10. The van der Waals surface area contributed by atoms with Crippen molar-refractivity contribution < 1.29 is 0 Å². The van der Waals surface area contributed by atoms with Gasteiger partial charge in [-0.25, -0.2) is 0 Å². The molecular formula is C10H15N3. The Hall–Kier alpha value is -1.38. The number of allylic oxidation sites excluding steroid dienone is 3. The summed E-state index contributed by atoms with van der Waals surface area (Å²) in [6, 6.07) is 0. The van der Waals surface area contributed by atoms with E-state index in [0.29, 0.717) is 0 Å². The molecule has 0 aliphatic carbocycles. The fourth-order valence-electron chi connectivity index (χ4n) is 1.34. The molecule has 0 aliphatic rings. The van der Waals surface area contributed by atoms with Gasteiger partial charge in [0.15, 0.2) is 0 Å². The molecule has 0 saturated carbocycles. The van der Waals surface area contributed by atoms with Crippen molar-refractivity contribution in [3.8, 4) is 0 Å². The zero-order valence-corrected chi connectivity index (χ0v) is 8.41. The van der Waals surface area contributed by atoms with E-state index in [1.807, 2.05) is 24.5 Å². The molecule has 0 fully saturated rings. The van der Waals surface area contributed by atoms with Gasteiger partial charge in [-0.2, -0.15) is 0 Å². The molecule has 0 aliphatic heterocycles. The predicted octanol–water partition coefficient (Wildman–Crippen LogP) is 2.20. The first kappa shape index (κ1) is 9.71. The molecule has 3 nitrogen and oxygen atoms in total. The first-order valence-electron chi connectivity index (χ1n) is 4.41. The molecule has 0 saturated heterocycles. The molecule has 0 unspecified atom stereocenters. The van der Waals surface area contributed by atoms with Crippen LogP contribution in [0.5, 0.6) is 0 Å². The van der Waals surface area contributed by atoms with Crippen molar-refractivity contribution in [3.05, 3.63) is 30.4 Å². The molecule has 0 atom stereocenters. The average Bonchev–Trinajstić information content (AvgIpc) is 2.47. The summed E-state index contributed by atoms with van der Waals surface area (Å²) in [5.74, 6) is 1.92. The second-order valence-electron chi connectivity index (χ2n) is 2.90. The van der Waals surface area contributed by atoms with E-state index >= 15 is 0 Å². The fourth-order valence-corrected chi connectivity index (χ4v) is 1.34. The lowest BCUT2D eigenvalue weighted by atomic mass is 10.3. The second-order valence-corrected chi connectivity index (χ2v) is 2.90. The summed E-state index contributed by atoms with van der Waals surface area (Å²) in [5, 5.41) is 8.10. The van der Waals surface area contributed by atoms with Gasteiger partial charge in [-0.1, -0.05) is 19.6 Å². The SMILES string of the molecule is C=C/C=C(\C)n1c(C)nnc1CC. The highest BCUT2D eigenvalue weighted by atomic mass is 15.3. The van der Waals surface area contributed by atoms with E-state index in [4.69, 9.17) is 0 Å². The number of rotatable bonds is 3. The number of hydrogen-bond acceptors (Lipinski definition) is 2. The van der Waals surface area contributed by atoms with Crippen molar-refractivity contribution in [2.24, 2.45) is 0 Å². The smallest absolute Gasteiger partial charge is 0.137 e. The minimum atomic E-state index is 0.892. The van der Waals surface area contributed by atoms with Crippen LogP contribution in [0.3, 0.4) is 0 Å². The standard InChI is InChI=1S/C10H15N3/c1-5-7-8(3)13-9(4)11-12-10(13)6-2/h5,7H,1,6H2,2-4H3/b8-7+. The molecule has 0 N–H and O–H groups in total. The molecule has 1 heterocycles. The summed E-state index contributed by atoms with van der Waals surface area (Å²) in [6.45, 7) is 9.71. The van der Waals surface area contributed by atoms with E-state index < -0.39 is 0 Å². The van der Waals surface area contributed by atoms with E-state index in [0.717, 1.165) is 23.8 Å². The minimum Gasteiger partial charge on any atom is -0.287 e. The minimum absolute atomic E-state index is 0.892. The van der Waals surface area contributed by atoms with Crippen molar-refractivity contribution in [2.75, 3.05) is 0 Å². The highest BCUT2D eigenvalue weighted by molar-refractivity contribution is 5.46. The Kier molecular flexibility index (Phi) is 3.01. The zero-order chi connectivity index (χ0) is 9.84. The zero-order valence-electron chi connectivity index (χ0n) is 8.41. The summed E-state index contributed by atoms with van der Waals surface area (Å²) in [5.41, 5.74) is 1.11. The molecule has 0 spiro atoms. The van der Waals surface area contributed by atoms with E-state index in [2.05, 4.69) is 23.7 Å². The molecule has 1 rings (SSSR count). The van der Waals surface area contributed by atoms with Crippen LogP contribution in [-0.2, 0) is 6.42 Å². The Bertz CT molecular complexity index is 334. The number of hydrogen-bond donors (Lipinski definition) is 0. The Labute approximate surface area is 78.8 Å². The lowest BCUT2D eigenvalue weighted by Crippen LogP contribution is -2.01. The third-order valence-corrected chi connectivity index (χ3v) is 1.92. The average molecular weight is 177 g/mol. The maximum atomic E-state index is 4.08. The van der Waals surface area contributed by atoms with Crippen LogP contribution in [0.15, 0.2) is 18.7 Å². The molecule has 1 aromatic rings. The van der Waals surface area contributed by atoms with Crippen LogP contribution in [0.1, 0.15) is 25.5 Å². The van der Waals surface area contributed by atoms with Crippen LogP contribution < -0.4 is 0 Å². The van der Waals surface area contributed by atoms with Gasteiger partial charge in [0.1, 0.15) is 11.6 Å². The molecule has 70 valence electrons. The molecular weight excluding hydrogens is 162 g/mol. The molecule has 0 radical (unpaired) electrons. The van der Waals surface area contributed by atoms with Crippen LogP contribution in [0, 0.1) is 6.92 Å². The maximum Gasteiger partial charge on any atom is 0.137 e. The highest BCUT2D eigenvalue weighted by Gasteiger charge is 2.06. The first-order chi connectivity index (χ1) is 6.20. The molecule has 0 aromatic carbocycles. The van der Waals surface area contributed by atoms with Crippen molar-refractivity contribution in [1.29, 1.82) is 0 Å². The Morgan fingerprint density at radius 3 is 2.77 bits per heavy atom. The third kappa shape index (κ3) is 1.86. The lowest BCUT2D eigenvalue weighted by molar-refractivity contribution is 0.881. The Balaban J connectivity index is 3.17. The topological polar surface area (TPSA) is 30.7 Å². The molecule has 0 amide bonds.